The van der Waals surface area contributed by atoms with Gasteiger partial charge in [0.2, 0.25) is 0 Å². The summed E-state index contributed by atoms with van der Waals surface area (Å²) in [6, 6.07) is 8.06. The molecule has 2 atom stereocenters. The van der Waals surface area contributed by atoms with Gasteiger partial charge in [-0.15, -0.1) is 0 Å². The molecule has 0 aliphatic carbocycles. The zero-order chi connectivity index (χ0) is 12.4. The number of piperidine rings is 1. The fraction of sp³-hybridized carbons (Fsp3) is 0.400. The summed E-state index contributed by atoms with van der Waals surface area (Å²) in [6.07, 6.45) is 5.50. The molecule has 0 amide bonds. The lowest BCUT2D eigenvalue weighted by Gasteiger charge is -2.28. The molecular weight excluding hydrogens is 224 g/mol. The summed E-state index contributed by atoms with van der Waals surface area (Å²) in [6.45, 7) is 1.98. The highest BCUT2D eigenvalue weighted by Gasteiger charge is 2.23. The number of aromatic nitrogens is 1. The van der Waals surface area contributed by atoms with Crippen molar-refractivity contribution in [2.75, 3.05) is 13.1 Å². The number of aliphatic hydroxyl groups is 1. The third-order valence-corrected chi connectivity index (χ3v) is 3.81. The smallest absolute Gasteiger partial charge is 0.0836 e. The largest absolute Gasteiger partial charge is 0.388 e. The molecule has 3 heteroatoms. The number of nitrogens with one attached hydrogen (secondary N) is 1. The molecule has 2 aromatic rings. The van der Waals surface area contributed by atoms with E-state index in [4.69, 9.17) is 0 Å². The second-order valence-corrected chi connectivity index (χ2v) is 5.00. The summed E-state index contributed by atoms with van der Waals surface area (Å²) in [5, 5.41) is 16.2. The maximum absolute atomic E-state index is 10.6. The molecule has 18 heavy (non-hydrogen) atoms. The minimum atomic E-state index is -0.385. The number of pyridine rings is 1. The molecule has 1 aromatic heterocycles. The first-order valence-corrected chi connectivity index (χ1v) is 6.57. The zero-order valence-electron chi connectivity index (χ0n) is 10.3. The van der Waals surface area contributed by atoms with Gasteiger partial charge in [0.25, 0.3) is 0 Å². The van der Waals surface area contributed by atoms with Gasteiger partial charge in [-0.05, 0) is 36.4 Å². The molecule has 2 heterocycles. The van der Waals surface area contributed by atoms with Gasteiger partial charge in [0, 0.05) is 30.2 Å². The number of hydrogen-bond donors (Lipinski definition) is 2. The lowest BCUT2D eigenvalue weighted by atomic mass is 9.87. The van der Waals surface area contributed by atoms with Gasteiger partial charge < -0.3 is 10.4 Å². The van der Waals surface area contributed by atoms with Crippen LogP contribution >= 0.6 is 0 Å². The van der Waals surface area contributed by atoms with Gasteiger partial charge in [0.05, 0.1) is 6.10 Å². The van der Waals surface area contributed by atoms with E-state index in [0.717, 1.165) is 42.3 Å². The second-order valence-electron chi connectivity index (χ2n) is 5.00. The summed E-state index contributed by atoms with van der Waals surface area (Å²) in [4.78, 5) is 4.13. The number of fused-ring (bicyclic) bond motifs is 1. The van der Waals surface area contributed by atoms with Crippen molar-refractivity contribution < 1.29 is 5.11 Å². The molecule has 1 aliphatic heterocycles. The van der Waals surface area contributed by atoms with Crippen molar-refractivity contribution in [1.29, 1.82) is 0 Å². The predicted molar refractivity (Wildman–Crippen MR) is 72.3 cm³/mol. The fourth-order valence-electron chi connectivity index (χ4n) is 2.81. The van der Waals surface area contributed by atoms with Crippen LogP contribution in [0.5, 0.6) is 0 Å². The topological polar surface area (TPSA) is 45.2 Å². The molecule has 1 saturated heterocycles. The van der Waals surface area contributed by atoms with Crippen molar-refractivity contribution in [2.24, 2.45) is 5.92 Å². The molecule has 0 bridgehead atoms. The maximum Gasteiger partial charge on any atom is 0.0836 e. The van der Waals surface area contributed by atoms with Crippen LogP contribution in [0.2, 0.25) is 0 Å². The summed E-state index contributed by atoms with van der Waals surface area (Å²) in [5.41, 5.74) is 1.03. The van der Waals surface area contributed by atoms with Crippen molar-refractivity contribution in [1.82, 2.24) is 10.3 Å². The standard InChI is InChI=1S/C15H18N2O/c18-15(12-4-2-7-16-10-12)14-5-1-3-11-9-17-8-6-13(11)14/h1,3,5-6,8-9,12,15-16,18H,2,4,7,10H2. The van der Waals surface area contributed by atoms with Crippen molar-refractivity contribution in [3.05, 3.63) is 42.2 Å². The molecule has 1 aliphatic rings. The monoisotopic (exact) mass is 242 g/mol. The Hall–Kier alpha value is -1.45. The third kappa shape index (κ3) is 2.11. The first kappa shape index (κ1) is 11.6. The van der Waals surface area contributed by atoms with E-state index in [9.17, 15) is 5.11 Å². The van der Waals surface area contributed by atoms with Gasteiger partial charge in [-0.3, -0.25) is 4.98 Å². The Labute approximate surface area is 107 Å². The molecule has 1 aromatic carbocycles. The maximum atomic E-state index is 10.6. The third-order valence-electron chi connectivity index (χ3n) is 3.81. The van der Waals surface area contributed by atoms with E-state index in [1.54, 1.807) is 6.20 Å². The molecule has 3 nitrogen and oxygen atoms in total. The van der Waals surface area contributed by atoms with E-state index in [1.165, 1.54) is 0 Å². The van der Waals surface area contributed by atoms with Gasteiger partial charge >= 0.3 is 0 Å². The van der Waals surface area contributed by atoms with E-state index in [2.05, 4.69) is 10.3 Å². The highest BCUT2D eigenvalue weighted by molar-refractivity contribution is 5.85. The average Bonchev–Trinajstić information content (AvgIpc) is 2.47. The minimum absolute atomic E-state index is 0.317. The lowest BCUT2D eigenvalue weighted by molar-refractivity contribution is 0.0934. The predicted octanol–water partition coefficient (Wildman–Crippen LogP) is 2.27. The summed E-state index contributed by atoms with van der Waals surface area (Å²) >= 11 is 0. The number of nitrogens with zero attached hydrogens (tertiary/aromatic N) is 1. The Kier molecular flexibility index (Phi) is 3.26. The Balaban J connectivity index is 1.97. The molecule has 0 spiro atoms. The average molecular weight is 242 g/mol. The molecule has 1 fully saturated rings. The number of rotatable bonds is 2. The SMILES string of the molecule is OC(c1cccc2cnccc12)C1CCCNC1. The number of benzene rings is 1. The van der Waals surface area contributed by atoms with Gasteiger partial charge in [-0.2, -0.15) is 0 Å². The Morgan fingerprint density at radius 3 is 3.11 bits per heavy atom. The van der Waals surface area contributed by atoms with Gasteiger partial charge in [0.1, 0.15) is 0 Å². The number of aliphatic hydroxyl groups excluding tert-OH is 1. The second kappa shape index (κ2) is 5.04. The highest BCUT2D eigenvalue weighted by atomic mass is 16.3. The minimum Gasteiger partial charge on any atom is -0.388 e. The van der Waals surface area contributed by atoms with E-state index < -0.39 is 0 Å². The molecule has 0 saturated carbocycles. The van der Waals surface area contributed by atoms with Crippen LogP contribution < -0.4 is 5.32 Å². The van der Waals surface area contributed by atoms with Crippen molar-refractivity contribution >= 4 is 10.8 Å². The van der Waals surface area contributed by atoms with Crippen LogP contribution in [0.1, 0.15) is 24.5 Å². The van der Waals surface area contributed by atoms with Crippen LogP contribution in [0, 0.1) is 5.92 Å². The van der Waals surface area contributed by atoms with E-state index in [-0.39, 0.29) is 6.10 Å². The summed E-state index contributed by atoms with van der Waals surface area (Å²) in [5.74, 6) is 0.317. The van der Waals surface area contributed by atoms with Crippen molar-refractivity contribution in [3.63, 3.8) is 0 Å². The van der Waals surface area contributed by atoms with Gasteiger partial charge in [0.15, 0.2) is 0 Å². The first-order valence-electron chi connectivity index (χ1n) is 6.57. The van der Waals surface area contributed by atoms with Crippen molar-refractivity contribution in [3.8, 4) is 0 Å². The molecule has 2 unspecified atom stereocenters. The van der Waals surface area contributed by atoms with Crippen molar-refractivity contribution in [2.45, 2.75) is 18.9 Å². The zero-order valence-corrected chi connectivity index (χ0v) is 10.3. The van der Waals surface area contributed by atoms with Crippen LogP contribution in [0.4, 0.5) is 0 Å². The highest BCUT2D eigenvalue weighted by Crippen LogP contribution is 2.31. The van der Waals surface area contributed by atoms with E-state index in [1.807, 2.05) is 30.5 Å². The van der Waals surface area contributed by atoms with Gasteiger partial charge in [-0.25, -0.2) is 0 Å². The van der Waals surface area contributed by atoms with Gasteiger partial charge in [-0.1, -0.05) is 18.2 Å². The Bertz CT molecular complexity index is 530. The lowest BCUT2D eigenvalue weighted by Crippen LogP contribution is -2.33. The van der Waals surface area contributed by atoms with Crippen LogP contribution in [0.15, 0.2) is 36.7 Å². The summed E-state index contributed by atoms with van der Waals surface area (Å²) in [7, 11) is 0. The molecule has 0 radical (unpaired) electrons. The quantitative estimate of drug-likeness (QED) is 0.849. The van der Waals surface area contributed by atoms with Crippen LogP contribution in [0.3, 0.4) is 0 Å². The van der Waals surface area contributed by atoms with Crippen LogP contribution in [0.25, 0.3) is 10.8 Å². The Morgan fingerprint density at radius 1 is 1.33 bits per heavy atom. The van der Waals surface area contributed by atoms with Crippen LogP contribution in [-0.2, 0) is 0 Å². The summed E-state index contributed by atoms with van der Waals surface area (Å²) < 4.78 is 0. The number of hydrogen-bond acceptors (Lipinski definition) is 3. The van der Waals surface area contributed by atoms with E-state index in [0.29, 0.717) is 5.92 Å². The van der Waals surface area contributed by atoms with E-state index >= 15 is 0 Å². The van der Waals surface area contributed by atoms with Crippen LogP contribution in [-0.4, -0.2) is 23.2 Å². The fourth-order valence-corrected chi connectivity index (χ4v) is 2.81. The molecule has 3 rings (SSSR count). The molecule has 94 valence electrons. The molecule has 2 N–H and O–H groups in total. The first-order chi connectivity index (χ1) is 8.86. The molecular formula is C15H18N2O. The normalized spacial score (nSPS) is 21.9. The Morgan fingerprint density at radius 2 is 2.28 bits per heavy atom.